The second-order valence-corrected chi connectivity index (χ2v) is 5.45. The summed E-state index contributed by atoms with van der Waals surface area (Å²) in [5, 5.41) is 3.34. The number of anilines is 1. The second kappa shape index (κ2) is 7.47. The molecule has 3 heteroatoms. The number of benzene rings is 3. The van der Waals surface area contributed by atoms with Gasteiger partial charge in [-0.2, -0.15) is 0 Å². The monoisotopic (exact) mass is 317 g/mol. The first-order chi connectivity index (χ1) is 11.8. The fraction of sp³-hybridized carbons (Fsp3) is 0.0952. The van der Waals surface area contributed by atoms with E-state index in [1.165, 1.54) is 0 Å². The van der Waals surface area contributed by atoms with Gasteiger partial charge in [-0.25, -0.2) is 0 Å². The van der Waals surface area contributed by atoms with Crippen LogP contribution in [-0.2, 0) is 0 Å². The molecule has 0 aliphatic heterocycles. The highest BCUT2D eigenvalue weighted by Gasteiger charge is 2.22. The Bertz CT molecular complexity index is 783. The third-order valence-corrected chi connectivity index (χ3v) is 3.85. The van der Waals surface area contributed by atoms with E-state index < -0.39 is 6.04 Å². The van der Waals surface area contributed by atoms with Crippen LogP contribution in [0.25, 0.3) is 0 Å². The van der Waals surface area contributed by atoms with Crippen molar-refractivity contribution < 1.29 is 9.53 Å². The van der Waals surface area contributed by atoms with E-state index >= 15 is 0 Å². The minimum absolute atomic E-state index is 0.0321. The Morgan fingerprint density at radius 1 is 0.833 bits per heavy atom. The molecule has 0 heterocycles. The Morgan fingerprint density at radius 3 is 2.00 bits per heavy atom. The van der Waals surface area contributed by atoms with Gasteiger partial charge in [0.2, 0.25) is 0 Å². The van der Waals surface area contributed by atoms with E-state index in [1.807, 2.05) is 84.9 Å². The summed E-state index contributed by atoms with van der Waals surface area (Å²) in [6, 6.07) is 26.2. The van der Waals surface area contributed by atoms with Gasteiger partial charge < -0.3 is 10.1 Å². The highest BCUT2D eigenvalue weighted by Crippen LogP contribution is 2.25. The van der Waals surface area contributed by atoms with Crippen molar-refractivity contribution in [3.8, 4) is 5.75 Å². The van der Waals surface area contributed by atoms with Crippen LogP contribution >= 0.6 is 0 Å². The Morgan fingerprint density at radius 2 is 1.42 bits per heavy atom. The Balaban J connectivity index is 1.95. The number of carbonyl (C=O) groups is 1. The van der Waals surface area contributed by atoms with E-state index in [0.717, 1.165) is 17.0 Å². The lowest BCUT2D eigenvalue weighted by Crippen LogP contribution is -2.21. The topological polar surface area (TPSA) is 38.3 Å². The number of hydrogen-bond acceptors (Lipinski definition) is 3. The van der Waals surface area contributed by atoms with Gasteiger partial charge in [0, 0.05) is 11.3 Å². The molecule has 1 N–H and O–H groups in total. The number of ketones is 1. The van der Waals surface area contributed by atoms with Gasteiger partial charge in [0.05, 0.1) is 7.11 Å². The van der Waals surface area contributed by atoms with E-state index in [-0.39, 0.29) is 5.78 Å². The molecule has 0 bridgehead atoms. The average molecular weight is 317 g/mol. The maximum Gasteiger partial charge on any atom is 0.189 e. The van der Waals surface area contributed by atoms with Crippen LogP contribution in [0.1, 0.15) is 22.0 Å². The van der Waals surface area contributed by atoms with Crippen LogP contribution in [-0.4, -0.2) is 12.9 Å². The SMILES string of the molecule is COc1ccc(C(Nc2ccccc2)C(=O)c2ccccc2)cc1. The molecule has 0 aromatic heterocycles. The largest absolute Gasteiger partial charge is 0.497 e. The Hall–Kier alpha value is -3.07. The molecular weight excluding hydrogens is 298 g/mol. The van der Waals surface area contributed by atoms with E-state index in [9.17, 15) is 4.79 Å². The maximum atomic E-state index is 13.0. The summed E-state index contributed by atoms with van der Waals surface area (Å²) in [4.78, 5) is 13.0. The maximum absolute atomic E-state index is 13.0. The van der Waals surface area contributed by atoms with Crippen molar-refractivity contribution in [1.82, 2.24) is 0 Å². The minimum Gasteiger partial charge on any atom is -0.497 e. The van der Waals surface area contributed by atoms with Crippen LogP contribution in [0.2, 0.25) is 0 Å². The van der Waals surface area contributed by atoms with Gasteiger partial charge >= 0.3 is 0 Å². The van der Waals surface area contributed by atoms with Crippen LogP contribution in [0.3, 0.4) is 0 Å². The highest BCUT2D eigenvalue weighted by molar-refractivity contribution is 6.02. The van der Waals surface area contributed by atoms with Gasteiger partial charge in [0.15, 0.2) is 5.78 Å². The quantitative estimate of drug-likeness (QED) is 0.668. The van der Waals surface area contributed by atoms with Crippen LogP contribution in [0.4, 0.5) is 5.69 Å². The molecular formula is C21H19NO2. The molecule has 1 atom stereocenters. The molecule has 3 aromatic carbocycles. The number of rotatable bonds is 6. The van der Waals surface area contributed by atoms with Crippen molar-refractivity contribution in [2.45, 2.75) is 6.04 Å². The van der Waals surface area contributed by atoms with Crippen molar-refractivity contribution in [1.29, 1.82) is 0 Å². The summed E-state index contributed by atoms with van der Waals surface area (Å²) in [5.74, 6) is 0.800. The number of para-hydroxylation sites is 1. The first-order valence-corrected chi connectivity index (χ1v) is 7.83. The lowest BCUT2D eigenvalue weighted by Gasteiger charge is -2.20. The molecule has 3 nitrogen and oxygen atoms in total. The van der Waals surface area contributed by atoms with E-state index in [1.54, 1.807) is 7.11 Å². The molecule has 0 radical (unpaired) electrons. The van der Waals surface area contributed by atoms with Gasteiger partial charge in [0.1, 0.15) is 11.8 Å². The summed E-state index contributed by atoms with van der Waals surface area (Å²) in [5.41, 5.74) is 2.48. The predicted octanol–water partition coefficient (Wildman–Crippen LogP) is 4.73. The Kier molecular flexibility index (Phi) is 4.92. The number of hydrogen-bond donors (Lipinski definition) is 1. The minimum atomic E-state index is -0.458. The first kappa shape index (κ1) is 15.8. The van der Waals surface area contributed by atoms with E-state index in [4.69, 9.17) is 4.74 Å². The molecule has 3 rings (SSSR count). The first-order valence-electron chi connectivity index (χ1n) is 7.83. The van der Waals surface area contributed by atoms with Crippen molar-refractivity contribution in [2.24, 2.45) is 0 Å². The van der Waals surface area contributed by atoms with Crippen molar-refractivity contribution in [3.05, 3.63) is 96.1 Å². The zero-order valence-electron chi connectivity index (χ0n) is 13.5. The fourth-order valence-electron chi connectivity index (χ4n) is 2.57. The van der Waals surface area contributed by atoms with E-state index in [0.29, 0.717) is 5.56 Å². The van der Waals surface area contributed by atoms with Crippen LogP contribution in [0, 0.1) is 0 Å². The number of methoxy groups -OCH3 is 1. The third kappa shape index (κ3) is 3.63. The van der Waals surface area contributed by atoms with Gasteiger partial charge in [0.25, 0.3) is 0 Å². The Labute approximate surface area is 141 Å². The molecule has 0 saturated carbocycles. The zero-order chi connectivity index (χ0) is 16.8. The third-order valence-electron chi connectivity index (χ3n) is 3.85. The predicted molar refractivity (Wildman–Crippen MR) is 96.6 cm³/mol. The molecule has 1 unspecified atom stereocenters. The van der Waals surface area contributed by atoms with E-state index in [2.05, 4.69) is 5.32 Å². The van der Waals surface area contributed by atoms with Gasteiger partial charge in [-0.1, -0.05) is 60.7 Å². The fourth-order valence-corrected chi connectivity index (χ4v) is 2.57. The number of carbonyl (C=O) groups excluding carboxylic acids is 1. The highest BCUT2D eigenvalue weighted by atomic mass is 16.5. The van der Waals surface area contributed by atoms with Crippen molar-refractivity contribution in [2.75, 3.05) is 12.4 Å². The summed E-state index contributed by atoms with van der Waals surface area (Å²) in [6.07, 6.45) is 0. The summed E-state index contributed by atoms with van der Waals surface area (Å²) in [7, 11) is 1.63. The lowest BCUT2D eigenvalue weighted by atomic mass is 9.97. The second-order valence-electron chi connectivity index (χ2n) is 5.45. The number of Topliss-reactive ketones (excluding diaryl/α,β-unsaturated/α-hetero) is 1. The van der Waals surface area contributed by atoms with Gasteiger partial charge in [-0.05, 0) is 29.8 Å². The van der Waals surface area contributed by atoms with Gasteiger partial charge in [-0.3, -0.25) is 4.79 Å². The van der Waals surface area contributed by atoms with Crippen molar-refractivity contribution >= 4 is 11.5 Å². The molecule has 0 amide bonds. The van der Waals surface area contributed by atoms with Crippen molar-refractivity contribution in [3.63, 3.8) is 0 Å². The summed E-state index contributed by atoms with van der Waals surface area (Å²) in [6.45, 7) is 0. The summed E-state index contributed by atoms with van der Waals surface area (Å²) < 4.78 is 5.21. The molecule has 0 saturated heterocycles. The molecule has 0 aliphatic rings. The lowest BCUT2D eigenvalue weighted by molar-refractivity contribution is 0.0969. The van der Waals surface area contributed by atoms with Gasteiger partial charge in [-0.15, -0.1) is 0 Å². The van der Waals surface area contributed by atoms with Crippen LogP contribution < -0.4 is 10.1 Å². The molecule has 3 aromatic rings. The molecule has 0 spiro atoms. The standard InChI is InChI=1S/C21H19NO2/c1-24-19-14-12-16(13-15-19)20(22-18-10-6-3-7-11-18)21(23)17-8-4-2-5-9-17/h2-15,20,22H,1H3. The molecule has 0 fully saturated rings. The summed E-state index contributed by atoms with van der Waals surface area (Å²) >= 11 is 0. The smallest absolute Gasteiger partial charge is 0.189 e. The van der Waals surface area contributed by atoms with Crippen LogP contribution in [0.15, 0.2) is 84.9 Å². The number of ether oxygens (including phenoxy) is 1. The molecule has 120 valence electrons. The normalized spacial score (nSPS) is 11.5. The average Bonchev–Trinajstić information content (AvgIpc) is 2.67. The zero-order valence-corrected chi connectivity index (χ0v) is 13.5. The van der Waals surface area contributed by atoms with Crippen LogP contribution in [0.5, 0.6) is 5.75 Å². The molecule has 24 heavy (non-hydrogen) atoms. The number of nitrogens with one attached hydrogen (secondary N) is 1. The molecule has 0 aliphatic carbocycles.